The predicted molar refractivity (Wildman–Crippen MR) is 86.5 cm³/mol. The van der Waals surface area contributed by atoms with Gasteiger partial charge in [-0.05, 0) is 43.2 Å². The number of carbonyl (C=O) groups is 1. The van der Waals surface area contributed by atoms with E-state index in [0.717, 1.165) is 11.3 Å². The fourth-order valence-electron chi connectivity index (χ4n) is 1.95. The van der Waals surface area contributed by atoms with E-state index >= 15 is 0 Å². The molecule has 1 amide bonds. The fourth-order valence-corrected chi connectivity index (χ4v) is 1.95. The van der Waals surface area contributed by atoms with E-state index in [1.165, 1.54) is 23.9 Å². The Bertz CT molecular complexity index is 681. The zero-order chi connectivity index (χ0) is 15.9. The summed E-state index contributed by atoms with van der Waals surface area (Å²) < 4.78 is 12.7. The maximum absolute atomic E-state index is 12.7. The summed E-state index contributed by atoms with van der Waals surface area (Å²) >= 11 is 0. The van der Waals surface area contributed by atoms with Gasteiger partial charge in [0, 0.05) is 5.69 Å². The van der Waals surface area contributed by atoms with Gasteiger partial charge in [0.1, 0.15) is 5.82 Å². The van der Waals surface area contributed by atoms with Gasteiger partial charge in [0.25, 0.3) is 5.91 Å². The number of nitrogens with zero attached hydrogens (tertiary/aromatic N) is 1. The van der Waals surface area contributed by atoms with Crippen molar-refractivity contribution < 1.29 is 9.18 Å². The van der Waals surface area contributed by atoms with Crippen LogP contribution in [0, 0.1) is 19.7 Å². The summed E-state index contributed by atoms with van der Waals surface area (Å²) in [5.41, 5.74) is 6.32. The molecule has 4 nitrogen and oxygen atoms in total. The third-order valence-corrected chi connectivity index (χ3v) is 3.09. The summed E-state index contributed by atoms with van der Waals surface area (Å²) in [5.74, 6) is -0.558. The first-order valence-corrected chi connectivity index (χ1v) is 6.93. The number of amides is 1. The van der Waals surface area contributed by atoms with E-state index in [0.29, 0.717) is 5.56 Å². The number of benzene rings is 2. The topological polar surface area (TPSA) is 53.5 Å². The molecule has 0 aliphatic rings. The molecule has 2 aromatic carbocycles. The van der Waals surface area contributed by atoms with Crippen LogP contribution in [-0.2, 0) is 4.79 Å². The number of aryl methyl sites for hydroxylation is 2. The Morgan fingerprint density at radius 2 is 1.91 bits per heavy atom. The Labute approximate surface area is 129 Å². The molecule has 0 spiro atoms. The predicted octanol–water partition coefficient (Wildman–Crippen LogP) is 3.00. The molecule has 5 heteroatoms. The van der Waals surface area contributed by atoms with Crippen LogP contribution < -0.4 is 10.7 Å². The van der Waals surface area contributed by atoms with Gasteiger partial charge in [-0.2, -0.15) is 5.10 Å². The second-order valence-electron chi connectivity index (χ2n) is 5.02. The Morgan fingerprint density at radius 3 is 2.59 bits per heavy atom. The van der Waals surface area contributed by atoms with Crippen molar-refractivity contribution in [3.8, 4) is 0 Å². The van der Waals surface area contributed by atoms with Crippen LogP contribution in [0.15, 0.2) is 47.6 Å². The molecule has 0 saturated heterocycles. The molecule has 0 fully saturated rings. The molecule has 0 aliphatic carbocycles. The lowest BCUT2D eigenvalue weighted by atomic mass is 10.1. The zero-order valence-corrected chi connectivity index (χ0v) is 12.6. The second-order valence-corrected chi connectivity index (χ2v) is 5.02. The number of hydrogen-bond donors (Lipinski definition) is 2. The highest BCUT2D eigenvalue weighted by Crippen LogP contribution is 2.15. The minimum Gasteiger partial charge on any atom is -0.376 e. The lowest BCUT2D eigenvalue weighted by Crippen LogP contribution is -2.26. The SMILES string of the molecule is Cc1ccc(NCC(=O)N/N=C\c2ccc(F)cc2)c(C)c1. The smallest absolute Gasteiger partial charge is 0.259 e. The maximum Gasteiger partial charge on any atom is 0.259 e. The van der Waals surface area contributed by atoms with Gasteiger partial charge in [0.2, 0.25) is 0 Å². The second kappa shape index (κ2) is 7.36. The average Bonchev–Trinajstić information content (AvgIpc) is 2.48. The average molecular weight is 299 g/mol. The summed E-state index contributed by atoms with van der Waals surface area (Å²) in [6.07, 6.45) is 1.47. The number of hydrogen-bond acceptors (Lipinski definition) is 3. The van der Waals surface area contributed by atoms with Gasteiger partial charge in [-0.25, -0.2) is 9.82 Å². The van der Waals surface area contributed by atoms with Crippen molar-refractivity contribution in [3.05, 3.63) is 65.0 Å². The molecule has 114 valence electrons. The van der Waals surface area contributed by atoms with Crippen LogP contribution in [0.3, 0.4) is 0 Å². The van der Waals surface area contributed by atoms with Crippen molar-refractivity contribution in [2.75, 3.05) is 11.9 Å². The molecule has 2 N–H and O–H groups in total. The van der Waals surface area contributed by atoms with Crippen LogP contribution in [0.5, 0.6) is 0 Å². The van der Waals surface area contributed by atoms with Crippen LogP contribution in [0.25, 0.3) is 0 Å². The number of carbonyl (C=O) groups excluding carboxylic acids is 1. The molecular formula is C17H18FN3O. The van der Waals surface area contributed by atoms with Crippen LogP contribution in [0.2, 0.25) is 0 Å². The number of anilines is 1. The Hall–Kier alpha value is -2.69. The van der Waals surface area contributed by atoms with E-state index in [1.807, 2.05) is 32.0 Å². The molecule has 0 radical (unpaired) electrons. The quantitative estimate of drug-likeness (QED) is 0.658. The molecule has 22 heavy (non-hydrogen) atoms. The third kappa shape index (κ3) is 4.70. The normalized spacial score (nSPS) is 10.7. The Balaban J connectivity index is 1.81. The first-order valence-electron chi connectivity index (χ1n) is 6.93. The highest BCUT2D eigenvalue weighted by atomic mass is 19.1. The molecule has 0 bridgehead atoms. The largest absolute Gasteiger partial charge is 0.376 e. The lowest BCUT2D eigenvalue weighted by Gasteiger charge is -2.09. The van der Waals surface area contributed by atoms with Gasteiger partial charge in [-0.15, -0.1) is 0 Å². The van der Waals surface area contributed by atoms with Crippen molar-refractivity contribution in [3.63, 3.8) is 0 Å². The maximum atomic E-state index is 12.7. The van der Waals surface area contributed by atoms with E-state index in [4.69, 9.17) is 0 Å². The van der Waals surface area contributed by atoms with Gasteiger partial charge >= 0.3 is 0 Å². The first-order chi connectivity index (χ1) is 10.5. The molecule has 0 saturated carbocycles. The van der Waals surface area contributed by atoms with Crippen LogP contribution in [0.1, 0.15) is 16.7 Å². The highest BCUT2D eigenvalue weighted by Gasteiger charge is 2.02. The molecular weight excluding hydrogens is 281 g/mol. The summed E-state index contributed by atoms with van der Waals surface area (Å²) in [6.45, 7) is 4.14. The summed E-state index contributed by atoms with van der Waals surface area (Å²) in [6, 6.07) is 11.8. The molecule has 2 rings (SSSR count). The molecule has 0 aromatic heterocycles. The highest BCUT2D eigenvalue weighted by molar-refractivity contribution is 5.84. The van der Waals surface area contributed by atoms with Crippen LogP contribution >= 0.6 is 0 Å². The number of nitrogens with one attached hydrogen (secondary N) is 2. The Morgan fingerprint density at radius 1 is 1.18 bits per heavy atom. The molecule has 0 unspecified atom stereocenters. The van der Waals surface area contributed by atoms with E-state index in [1.54, 1.807) is 12.1 Å². The number of rotatable bonds is 5. The van der Waals surface area contributed by atoms with E-state index in [2.05, 4.69) is 15.8 Å². The minimum atomic E-state index is -0.307. The monoisotopic (exact) mass is 299 g/mol. The van der Waals surface area contributed by atoms with E-state index in [-0.39, 0.29) is 18.3 Å². The van der Waals surface area contributed by atoms with E-state index in [9.17, 15) is 9.18 Å². The summed E-state index contributed by atoms with van der Waals surface area (Å²) in [5, 5.41) is 6.89. The standard InChI is InChI=1S/C17H18FN3O/c1-12-3-8-16(13(2)9-12)19-11-17(22)21-20-10-14-4-6-15(18)7-5-14/h3-10,19H,11H2,1-2H3,(H,21,22)/b20-10-. The van der Waals surface area contributed by atoms with Crippen molar-refractivity contribution >= 4 is 17.8 Å². The minimum absolute atomic E-state index is 0.130. The number of hydrazone groups is 1. The van der Waals surface area contributed by atoms with E-state index < -0.39 is 0 Å². The lowest BCUT2D eigenvalue weighted by molar-refractivity contribution is -0.119. The van der Waals surface area contributed by atoms with Crippen LogP contribution in [0.4, 0.5) is 10.1 Å². The molecule has 0 heterocycles. The van der Waals surface area contributed by atoms with Gasteiger partial charge in [0.05, 0.1) is 12.8 Å². The number of halogens is 1. The summed E-state index contributed by atoms with van der Waals surface area (Å²) in [7, 11) is 0. The van der Waals surface area contributed by atoms with Crippen molar-refractivity contribution in [1.82, 2.24) is 5.43 Å². The van der Waals surface area contributed by atoms with Crippen molar-refractivity contribution in [2.24, 2.45) is 5.10 Å². The Kier molecular flexibility index (Phi) is 5.25. The van der Waals surface area contributed by atoms with Gasteiger partial charge in [-0.1, -0.05) is 29.8 Å². The van der Waals surface area contributed by atoms with Gasteiger partial charge < -0.3 is 5.32 Å². The van der Waals surface area contributed by atoms with Gasteiger partial charge in [-0.3, -0.25) is 4.79 Å². The zero-order valence-electron chi connectivity index (χ0n) is 12.6. The third-order valence-electron chi connectivity index (χ3n) is 3.09. The molecule has 2 aromatic rings. The first kappa shape index (κ1) is 15.7. The fraction of sp³-hybridized carbons (Fsp3) is 0.176. The van der Waals surface area contributed by atoms with Crippen molar-refractivity contribution in [2.45, 2.75) is 13.8 Å². The van der Waals surface area contributed by atoms with Crippen molar-refractivity contribution in [1.29, 1.82) is 0 Å². The van der Waals surface area contributed by atoms with Crippen LogP contribution in [-0.4, -0.2) is 18.7 Å². The molecule has 0 aliphatic heterocycles. The van der Waals surface area contributed by atoms with Gasteiger partial charge in [0.15, 0.2) is 0 Å². The molecule has 0 atom stereocenters. The summed E-state index contributed by atoms with van der Waals surface area (Å²) in [4.78, 5) is 11.7.